The molecule has 200 valence electrons. The van der Waals surface area contributed by atoms with Crippen LogP contribution in [0.3, 0.4) is 0 Å². The third-order valence-corrected chi connectivity index (χ3v) is 6.46. The number of benzene rings is 3. The monoisotopic (exact) mass is 518 g/mol. The number of methoxy groups -OCH3 is 3. The van der Waals surface area contributed by atoms with Crippen molar-refractivity contribution < 1.29 is 28.8 Å². The molecule has 0 radical (unpaired) electrons. The minimum atomic E-state index is -0.431. The number of H-pyrrole nitrogens is 1. The van der Waals surface area contributed by atoms with E-state index in [1.54, 1.807) is 26.2 Å². The van der Waals surface area contributed by atoms with Gasteiger partial charge in [-0.3, -0.25) is 4.79 Å². The number of carbonyl (C=O) groups is 1. The number of fused-ring (bicyclic) bond motifs is 1. The topological polar surface area (TPSA) is 93.2 Å². The van der Waals surface area contributed by atoms with Crippen LogP contribution in [0.25, 0.3) is 10.9 Å². The zero-order valence-electron chi connectivity index (χ0n) is 22.0. The van der Waals surface area contributed by atoms with Crippen molar-refractivity contribution in [2.24, 2.45) is 0 Å². The van der Waals surface area contributed by atoms with Gasteiger partial charge in [-0.05, 0) is 47.9 Å². The summed E-state index contributed by atoms with van der Waals surface area (Å²) in [6.45, 7) is 0.310. The van der Waals surface area contributed by atoms with Crippen LogP contribution in [0.1, 0.15) is 17.5 Å². The van der Waals surface area contributed by atoms with E-state index in [4.69, 9.17) is 18.9 Å². The molecule has 4 aromatic rings. The van der Waals surface area contributed by atoms with E-state index < -0.39 is 6.04 Å². The van der Waals surface area contributed by atoms with Crippen LogP contribution in [0.5, 0.6) is 17.2 Å². The Labute approximate surface area is 222 Å². The summed E-state index contributed by atoms with van der Waals surface area (Å²) in [5.74, 6) is 1.47. The highest BCUT2D eigenvalue weighted by molar-refractivity contribution is 5.94. The van der Waals surface area contributed by atoms with Gasteiger partial charge in [-0.1, -0.05) is 36.4 Å². The molecular weight excluding hydrogens is 484 g/mol. The van der Waals surface area contributed by atoms with Gasteiger partial charge in [-0.2, -0.15) is 0 Å². The van der Waals surface area contributed by atoms with Gasteiger partial charge in [0.15, 0.2) is 11.5 Å². The Hall–Kier alpha value is -4.01. The lowest BCUT2D eigenvalue weighted by Gasteiger charge is -2.31. The van der Waals surface area contributed by atoms with Crippen molar-refractivity contribution in [1.82, 2.24) is 4.98 Å². The Morgan fingerprint density at radius 2 is 1.63 bits per heavy atom. The highest BCUT2D eigenvalue weighted by Crippen LogP contribution is 2.38. The van der Waals surface area contributed by atoms with Gasteiger partial charge in [0.05, 0.1) is 53.6 Å². The zero-order chi connectivity index (χ0) is 26.9. The third kappa shape index (κ3) is 6.10. The normalized spacial score (nSPS) is 11.8. The van der Waals surface area contributed by atoms with Crippen LogP contribution >= 0.6 is 0 Å². The van der Waals surface area contributed by atoms with Gasteiger partial charge < -0.3 is 33.9 Å². The number of aliphatic hydroxyl groups excluding tert-OH is 1. The summed E-state index contributed by atoms with van der Waals surface area (Å²) >= 11 is 0. The van der Waals surface area contributed by atoms with E-state index in [1.807, 2.05) is 72.9 Å². The van der Waals surface area contributed by atoms with Crippen molar-refractivity contribution >= 4 is 22.5 Å². The maximum absolute atomic E-state index is 13.5. The van der Waals surface area contributed by atoms with E-state index in [2.05, 4.69) is 4.98 Å². The number of aliphatic hydroxyl groups is 1. The second kappa shape index (κ2) is 13.0. The summed E-state index contributed by atoms with van der Waals surface area (Å²) in [7, 11) is 4.68. The Bertz CT molecular complexity index is 1310. The number of amides is 1. The van der Waals surface area contributed by atoms with Crippen molar-refractivity contribution in [3.05, 3.63) is 84.1 Å². The summed E-state index contributed by atoms with van der Waals surface area (Å²) in [6, 6.07) is 20.7. The molecule has 1 aromatic heterocycles. The van der Waals surface area contributed by atoms with Gasteiger partial charge in [0.25, 0.3) is 0 Å². The summed E-state index contributed by atoms with van der Waals surface area (Å²) in [6.07, 6.45) is 2.61. The number of para-hydroxylation sites is 2. The molecule has 3 aromatic carbocycles. The quantitative estimate of drug-likeness (QED) is 0.249. The Kier molecular flexibility index (Phi) is 9.24. The van der Waals surface area contributed by atoms with Gasteiger partial charge >= 0.3 is 0 Å². The molecule has 0 fully saturated rings. The highest BCUT2D eigenvalue weighted by atomic mass is 16.5. The molecule has 0 spiro atoms. The Balaban J connectivity index is 1.46. The molecule has 8 nitrogen and oxygen atoms in total. The second-order valence-electron chi connectivity index (χ2n) is 8.84. The molecule has 1 amide bonds. The minimum absolute atomic E-state index is 0.125. The average Bonchev–Trinajstić information content (AvgIpc) is 3.37. The van der Waals surface area contributed by atoms with E-state index in [0.29, 0.717) is 23.7 Å². The third-order valence-electron chi connectivity index (χ3n) is 6.46. The van der Waals surface area contributed by atoms with Crippen molar-refractivity contribution in [2.45, 2.75) is 25.5 Å². The fourth-order valence-electron chi connectivity index (χ4n) is 4.63. The fraction of sp³-hybridized carbons (Fsp3) is 0.300. The largest absolute Gasteiger partial charge is 0.493 e. The van der Waals surface area contributed by atoms with Crippen molar-refractivity contribution in [3.63, 3.8) is 0 Å². The van der Waals surface area contributed by atoms with Crippen LogP contribution in [-0.2, 0) is 22.6 Å². The van der Waals surface area contributed by atoms with Crippen LogP contribution in [-0.4, -0.2) is 56.6 Å². The molecule has 4 rings (SSSR count). The number of anilines is 1. The second-order valence-corrected chi connectivity index (χ2v) is 8.84. The number of aromatic amines is 1. The van der Waals surface area contributed by atoms with E-state index in [1.165, 1.54) is 0 Å². The first-order chi connectivity index (χ1) is 18.6. The fourth-order valence-corrected chi connectivity index (χ4v) is 4.63. The summed E-state index contributed by atoms with van der Waals surface area (Å²) in [5, 5.41) is 11.5. The lowest BCUT2D eigenvalue weighted by Crippen LogP contribution is -2.44. The standard InChI is InChI=1S/C30H34N2O6/c1-35-27-15-21(16-28(36-2)30(27)37-3)20-38-14-13-29(34)32(23-9-5-4-6-10-23)24(19-33)17-22-18-31-26-12-8-7-11-25(22)26/h4-12,15-16,18,24,31,33H,13-14,17,19-20H2,1-3H3/t24-/m1/s1. The molecule has 1 atom stereocenters. The van der Waals surface area contributed by atoms with Gasteiger partial charge in [0.1, 0.15) is 0 Å². The number of hydrogen-bond donors (Lipinski definition) is 2. The summed E-state index contributed by atoms with van der Waals surface area (Å²) < 4.78 is 22.0. The van der Waals surface area contributed by atoms with Gasteiger partial charge in [-0.25, -0.2) is 0 Å². The predicted octanol–water partition coefficient (Wildman–Crippen LogP) is 4.74. The van der Waals surface area contributed by atoms with Crippen LogP contribution in [0.15, 0.2) is 72.9 Å². The molecule has 0 saturated carbocycles. The van der Waals surface area contributed by atoms with Crippen LogP contribution < -0.4 is 19.1 Å². The lowest BCUT2D eigenvalue weighted by atomic mass is 10.0. The molecule has 38 heavy (non-hydrogen) atoms. The molecule has 0 bridgehead atoms. The molecule has 0 saturated heterocycles. The minimum Gasteiger partial charge on any atom is -0.493 e. The summed E-state index contributed by atoms with van der Waals surface area (Å²) in [5.41, 5.74) is 3.64. The molecule has 0 aliphatic rings. The first-order valence-electron chi connectivity index (χ1n) is 12.5. The number of ether oxygens (including phenoxy) is 4. The smallest absolute Gasteiger partial charge is 0.229 e. The van der Waals surface area contributed by atoms with E-state index in [0.717, 1.165) is 27.7 Å². The van der Waals surface area contributed by atoms with E-state index in [9.17, 15) is 9.90 Å². The zero-order valence-corrected chi connectivity index (χ0v) is 22.0. The molecule has 1 heterocycles. The number of nitrogens with one attached hydrogen (secondary N) is 1. The number of hydrogen-bond acceptors (Lipinski definition) is 6. The molecule has 0 aliphatic heterocycles. The van der Waals surface area contributed by atoms with E-state index >= 15 is 0 Å². The number of aromatic nitrogens is 1. The van der Waals surface area contributed by atoms with E-state index in [-0.39, 0.29) is 32.1 Å². The first kappa shape index (κ1) is 27.0. The van der Waals surface area contributed by atoms with Crippen LogP contribution in [0.4, 0.5) is 5.69 Å². The Morgan fingerprint density at radius 3 is 2.29 bits per heavy atom. The highest BCUT2D eigenvalue weighted by Gasteiger charge is 2.26. The van der Waals surface area contributed by atoms with Crippen molar-refractivity contribution in [1.29, 1.82) is 0 Å². The Morgan fingerprint density at radius 1 is 0.947 bits per heavy atom. The number of rotatable bonds is 13. The lowest BCUT2D eigenvalue weighted by molar-refractivity contribution is -0.120. The predicted molar refractivity (Wildman–Crippen MR) is 147 cm³/mol. The van der Waals surface area contributed by atoms with Gasteiger partial charge in [0, 0.05) is 22.8 Å². The maximum atomic E-state index is 13.5. The van der Waals surface area contributed by atoms with Gasteiger partial charge in [-0.15, -0.1) is 0 Å². The molecular formula is C30H34N2O6. The van der Waals surface area contributed by atoms with Crippen molar-refractivity contribution in [3.8, 4) is 17.2 Å². The van der Waals surface area contributed by atoms with Crippen molar-refractivity contribution in [2.75, 3.05) is 39.4 Å². The summed E-state index contributed by atoms with van der Waals surface area (Å²) in [4.78, 5) is 18.5. The van der Waals surface area contributed by atoms with Crippen LogP contribution in [0, 0.1) is 0 Å². The average molecular weight is 519 g/mol. The van der Waals surface area contributed by atoms with Gasteiger partial charge in [0.2, 0.25) is 11.7 Å². The molecule has 0 unspecified atom stereocenters. The molecule has 0 aliphatic carbocycles. The number of carbonyl (C=O) groups excluding carboxylic acids is 1. The number of nitrogens with zero attached hydrogens (tertiary/aromatic N) is 1. The van der Waals surface area contributed by atoms with Crippen LogP contribution in [0.2, 0.25) is 0 Å². The molecule has 8 heteroatoms. The maximum Gasteiger partial charge on any atom is 0.229 e. The first-order valence-corrected chi connectivity index (χ1v) is 12.5. The molecule has 2 N–H and O–H groups in total. The SMILES string of the molecule is COc1cc(COCCC(=O)N(c2ccccc2)[C@@H](CO)Cc2c[nH]c3ccccc23)cc(OC)c1OC.